The maximum Gasteiger partial charge on any atom is 0.251 e. The third-order valence-electron chi connectivity index (χ3n) is 4.56. The molecular formula is C21H37N5O. The first-order valence-electron chi connectivity index (χ1n) is 9.90. The summed E-state index contributed by atoms with van der Waals surface area (Å²) >= 11 is 0. The summed E-state index contributed by atoms with van der Waals surface area (Å²) < 4.78 is 0. The summed E-state index contributed by atoms with van der Waals surface area (Å²) in [5.74, 6) is 0.761. The summed E-state index contributed by atoms with van der Waals surface area (Å²) in [6.45, 7) is 11.7. The second-order valence-electron chi connectivity index (χ2n) is 7.23. The van der Waals surface area contributed by atoms with Crippen molar-refractivity contribution in [1.29, 1.82) is 0 Å². The van der Waals surface area contributed by atoms with Gasteiger partial charge in [0.15, 0.2) is 5.96 Å². The SMILES string of the molecule is CN=C(NCCCN(C(C)C)C(C)C)NCCc1cccc(C(=O)NC)c1. The van der Waals surface area contributed by atoms with E-state index in [0.29, 0.717) is 17.6 Å². The number of benzene rings is 1. The molecular weight excluding hydrogens is 338 g/mol. The van der Waals surface area contributed by atoms with Crippen LogP contribution in [-0.2, 0) is 6.42 Å². The second-order valence-corrected chi connectivity index (χ2v) is 7.23. The number of nitrogens with zero attached hydrogens (tertiary/aromatic N) is 2. The summed E-state index contributed by atoms with van der Waals surface area (Å²) in [6, 6.07) is 8.84. The highest BCUT2D eigenvalue weighted by atomic mass is 16.1. The van der Waals surface area contributed by atoms with Crippen LogP contribution in [0.3, 0.4) is 0 Å². The molecule has 152 valence electrons. The van der Waals surface area contributed by atoms with E-state index in [1.807, 2.05) is 24.3 Å². The van der Waals surface area contributed by atoms with Gasteiger partial charge in [0, 0.05) is 51.4 Å². The molecule has 0 unspecified atom stereocenters. The number of guanidine groups is 1. The van der Waals surface area contributed by atoms with Crippen LogP contribution in [-0.4, -0.2) is 62.6 Å². The highest BCUT2D eigenvalue weighted by molar-refractivity contribution is 5.94. The Labute approximate surface area is 164 Å². The zero-order valence-electron chi connectivity index (χ0n) is 17.8. The smallest absolute Gasteiger partial charge is 0.251 e. The number of carbonyl (C=O) groups excluding carboxylic acids is 1. The number of amides is 1. The van der Waals surface area contributed by atoms with Crippen molar-refractivity contribution >= 4 is 11.9 Å². The van der Waals surface area contributed by atoms with Gasteiger partial charge in [0.25, 0.3) is 5.91 Å². The zero-order chi connectivity index (χ0) is 20.2. The molecule has 0 saturated carbocycles. The molecule has 0 saturated heterocycles. The molecule has 0 radical (unpaired) electrons. The van der Waals surface area contributed by atoms with Gasteiger partial charge >= 0.3 is 0 Å². The van der Waals surface area contributed by atoms with Crippen molar-refractivity contribution in [2.24, 2.45) is 4.99 Å². The molecule has 1 aromatic rings. The Hall–Kier alpha value is -2.08. The van der Waals surface area contributed by atoms with E-state index in [1.54, 1.807) is 14.1 Å². The van der Waals surface area contributed by atoms with Gasteiger partial charge in [0.1, 0.15) is 0 Å². The fourth-order valence-electron chi connectivity index (χ4n) is 3.14. The summed E-state index contributed by atoms with van der Waals surface area (Å²) in [5.41, 5.74) is 1.82. The maximum atomic E-state index is 11.7. The Morgan fingerprint density at radius 3 is 2.37 bits per heavy atom. The molecule has 0 bridgehead atoms. The van der Waals surface area contributed by atoms with Crippen LogP contribution in [0.1, 0.15) is 50.0 Å². The first kappa shape index (κ1) is 23.0. The van der Waals surface area contributed by atoms with Gasteiger partial charge < -0.3 is 16.0 Å². The molecule has 0 heterocycles. The molecule has 1 rings (SSSR count). The lowest BCUT2D eigenvalue weighted by Crippen LogP contribution is -2.41. The lowest BCUT2D eigenvalue weighted by atomic mass is 10.1. The number of aliphatic imine (C=N–C) groups is 1. The van der Waals surface area contributed by atoms with Crippen LogP contribution in [0.15, 0.2) is 29.3 Å². The van der Waals surface area contributed by atoms with Crippen molar-refractivity contribution in [2.45, 2.75) is 52.6 Å². The van der Waals surface area contributed by atoms with Gasteiger partial charge in [-0.15, -0.1) is 0 Å². The molecule has 0 spiro atoms. The summed E-state index contributed by atoms with van der Waals surface area (Å²) in [6.07, 6.45) is 1.91. The Balaban J connectivity index is 2.36. The van der Waals surface area contributed by atoms with Crippen LogP contribution in [0.25, 0.3) is 0 Å². The molecule has 1 aromatic carbocycles. The van der Waals surface area contributed by atoms with E-state index in [0.717, 1.165) is 44.0 Å². The first-order chi connectivity index (χ1) is 12.9. The van der Waals surface area contributed by atoms with Crippen LogP contribution in [0.2, 0.25) is 0 Å². The minimum Gasteiger partial charge on any atom is -0.356 e. The van der Waals surface area contributed by atoms with Gasteiger partial charge in [-0.1, -0.05) is 12.1 Å². The van der Waals surface area contributed by atoms with E-state index in [1.165, 1.54) is 0 Å². The Kier molecular flexibility index (Phi) is 10.5. The van der Waals surface area contributed by atoms with Gasteiger partial charge in [-0.3, -0.25) is 14.7 Å². The third kappa shape index (κ3) is 8.43. The van der Waals surface area contributed by atoms with Crippen LogP contribution >= 0.6 is 0 Å². The average Bonchev–Trinajstić information content (AvgIpc) is 2.65. The van der Waals surface area contributed by atoms with Crippen molar-refractivity contribution in [3.05, 3.63) is 35.4 Å². The monoisotopic (exact) mass is 375 g/mol. The molecule has 0 fully saturated rings. The third-order valence-corrected chi connectivity index (χ3v) is 4.56. The first-order valence-corrected chi connectivity index (χ1v) is 9.90. The number of hydrogen-bond donors (Lipinski definition) is 3. The summed E-state index contributed by atoms with van der Waals surface area (Å²) in [4.78, 5) is 18.5. The maximum absolute atomic E-state index is 11.7. The molecule has 1 amide bonds. The minimum atomic E-state index is -0.0564. The average molecular weight is 376 g/mol. The van der Waals surface area contributed by atoms with Gasteiger partial charge in [0.2, 0.25) is 0 Å². The fraction of sp³-hybridized carbons (Fsp3) is 0.619. The van der Waals surface area contributed by atoms with Crippen molar-refractivity contribution in [2.75, 3.05) is 33.7 Å². The molecule has 6 heteroatoms. The van der Waals surface area contributed by atoms with Crippen LogP contribution in [0, 0.1) is 0 Å². The molecule has 27 heavy (non-hydrogen) atoms. The van der Waals surface area contributed by atoms with E-state index in [-0.39, 0.29) is 5.91 Å². The molecule has 0 aliphatic heterocycles. The topological polar surface area (TPSA) is 68.8 Å². The molecule has 3 N–H and O–H groups in total. The Morgan fingerprint density at radius 2 is 1.78 bits per heavy atom. The molecule has 0 aromatic heterocycles. The molecule has 6 nitrogen and oxygen atoms in total. The zero-order valence-corrected chi connectivity index (χ0v) is 17.8. The largest absolute Gasteiger partial charge is 0.356 e. The highest BCUT2D eigenvalue weighted by Crippen LogP contribution is 2.06. The molecule has 0 atom stereocenters. The Bertz CT molecular complexity index is 590. The van der Waals surface area contributed by atoms with Crippen molar-refractivity contribution < 1.29 is 4.79 Å². The number of nitrogens with one attached hydrogen (secondary N) is 3. The van der Waals surface area contributed by atoms with Crippen LogP contribution in [0.4, 0.5) is 0 Å². The predicted octanol–water partition coefficient (Wildman–Crippen LogP) is 2.26. The van der Waals surface area contributed by atoms with Crippen molar-refractivity contribution in [3.63, 3.8) is 0 Å². The van der Waals surface area contributed by atoms with Crippen LogP contribution in [0.5, 0.6) is 0 Å². The van der Waals surface area contributed by atoms with Crippen molar-refractivity contribution in [3.8, 4) is 0 Å². The van der Waals surface area contributed by atoms with Gasteiger partial charge in [-0.25, -0.2) is 0 Å². The second kappa shape index (κ2) is 12.3. The van der Waals surface area contributed by atoms with Gasteiger partial charge in [-0.05, 0) is 58.2 Å². The predicted molar refractivity (Wildman–Crippen MR) is 114 cm³/mol. The lowest BCUT2D eigenvalue weighted by Gasteiger charge is -2.30. The van der Waals surface area contributed by atoms with Gasteiger partial charge in [0.05, 0.1) is 0 Å². The minimum absolute atomic E-state index is 0.0564. The standard InChI is InChI=1S/C21H37N5O/c1-16(2)26(17(3)4)14-8-12-24-21(23-6)25-13-11-18-9-7-10-19(15-18)20(27)22-5/h7,9-10,15-17H,8,11-14H2,1-6H3,(H,22,27)(H2,23,24,25). The fourth-order valence-corrected chi connectivity index (χ4v) is 3.14. The molecule has 0 aliphatic rings. The van der Waals surface area contributed by atoms with Crippen molar-refractivity contribution in [1.82, 2.24) is 20.9 Å². The summed E-state index contributed by atoms with van der Waals surface area (Å²) in [5, 5.41) is 9.37. The van der Waals surface area contributed by atoms with E-state index in [9.17, 15) is 4.79 Å². The number of hydrogen-bond acceptors (Lipinski definition) is 3. The summed E-state index contributed by atoms with van der Waals surface area (Å²) in [7, 11) is 3.43. The highest BCUT2D eigenvalue weighted by Gasteiger charge is 2.12. The Morgan fingerprint density at radius 1 is 1.11 bits per heavy atom. The number of rotatable bonds is 10. The van der Waals surface area contributed by atoms with E-state index >= 15 is 0 Å². The number of carbonyl (C=O) groups is 1. The normalized spacial score (nSPS) is 12.0. The quantitative estimate of drug-likeness (QED) is 0.333. The van der Waals surface area contributed by atoms with E-state index in [2.05, 4.69) is 53.5 Å². The van der Waals surface area contributed by atoms with E-state index in [4.69, 9.17) is 0 Å². The van der Waals surface area contributed by atoms with Gasteiger partial charge in [-0.2, -0.15) is 0 Å². The van der Waals surface area contributed by atoms with E-state index < -0.39 is 0 Å². The lowest BCUT2D eigenvalue weighted by molar-refractivity contribution is 0.0963. The molecule has 0 aliphatic carbocycles. The van der Waals surface area contributed by atoms with Crippen LogP contribution < -0.4 is 16.0 Å².